The Kier molecular flexibility index (Phi) is 17.9. The SMILES string of the molecule is CO[C@@H]1[C@H](OP(=O)(O)OC[C@H]2O[C@@H](n3cnc4c(=O)[nH]c(N)nc43)[C@H](O)[C@@H]2O)C(COP(=O)(O)OP(=O)(O)OP(=O)(O)OC[C@H]2OC([n+]3cn(C)c4c(=O)[nH]c(N)nc43)[C@H](O)[C@@H]2CC(=O)NCCN(C)C)O[C@H]1n1cnc2c(N)ncnc21. The quantitative estimate of drug-likeness (QED) is 0.0201. The van der Waals surface area contributed by atoms with E-state index in [4.69, 9.17) is 54.2 Å². The molecular weight excluding hydrogens is 1200 g/mol. The number of phosphoric acid groups is 4. The van der Waals surface area contributed by atoms with Crippen molar-refractivity contribution in [3.8, 4) is 0 Å². The molecule has 16 N–H and O–H groups in total. The van der Waals surface area contributed by atoms with Gasteiger partial charge in [-0.2, -0.15) is 13.6 Å². The van der Waals surface area contributed by atoms with Crippen LogP contribution in [0.5, 0.6) is 0 Å². The number of aromatic nitrogens is 12. The molecule has 16 atom stereocenters. The number of aliphatic hydroxyl groups excluding tert-OH is 3. The molecule has 3 fully saturated rings. The molecule has 41 nitrogen and oxygen atoms in total. The number of nitrogen functional groups attached to an aromatic ring is 3. The van der Waals surface area contributed by atoms with Crippen LogP contribution < -0.4 is 38.2 Å². The van der Waals surface area contributed by atoms with Gasteiger partial charge in [0, 0.05) is 32.5 Å². The second-order valence-electron chi connectivity index (χ2n) is 19.0. The molecule has 3 aliphatic rings. The van der Waals surface area contributed by atoms with Crippen LogP contribution in [-0.4, -0.2) is 202 Å². The average Bonchev–Trinajstić information content (AvgIpc) is 4.25. The molecule has 0 aromatic carbocycles. The van der Waals surface area contributed by atoms with Gasteiger partial charge in [-0.3, -0.25) is 56.1 Å². The number of aliphatic hydroxyl groups is 3. The number of ether oxygens (including phenoxy) is 4. The molecule has 1 amide bonds. The van der Waals surface area contributed by atoms with Gasteiger partial charge in [0.15, 0.2) is 41.4 Å². The van der Waals surface area contributed by atoms with Gasteiger partial charge in [-0.25, -0.2) is 42.8 Å². The molecule has 6 aromatic heterocycles. The fourth-order valence-corrected chi connectivity index (χ4v) is 13.8. The summed E-state index contributed by atoms with van der Waals surface area (Å²) in [6.45, 7) is -2.74. The summed E-state index contributed by atoms with van der Waals surface area (Å²) in [7, 11) is -17.6. The van der Waals surface area contributed by atoms with Crippen molar-refractivity contribution in [1.82, 2.24) is 63.8 Å². The lowest BCUT2D eigenvalue weighted by Gasteiger charge is -2.26. The monoisotopic (exact) mass is 1260 g/mol. The zero-order valence-electron chi connectivity index (χ0n) is 43.5. The summed E-state index contributed by atoms with van der Waals surface area (Å²) in [6.07, 6.45) is -14.0. The lowest BCUT2D eigenvalue weighted by atomic mass is 9.94. The van der Waals surface area contributed by atoms with Crippen molar-refractivity contribution in [2.45, 2.75) is 73.9 Å². The summed E-state index contributed by atoms with van der Waals surface area (Å²) in [4.78, 5) is 112. The Morgan fingerprint density at radius 2 is 1.35 bits per heavy atom. The number of imidazole rings is 3. The van der Waals surface area contributed by atoms with Gasteiger partial charge in [0.25, 0.3) is 17.1 Å². The summed E-state index contributed by atoms with van der Waals surface area (Å²) >= 11 is 0. The Labute approximate surface area is 463 Å². The van der Waals surface area contributed by atoms with Crippen LogP contribution in [-0.2, 0) is 75.8 Å². The third kappa shape index (κ3) is 13.4. The minimum atomic E-state index is -6.25. The van der Waals surface area contributed by atoms with Crippen LogP contribution >= 0.6 is 31.3 Å². The molecular formula is C38H56N17O24P4+. The first-order chi connectivity index (χ1) is 39.0. The Hall–Kier alpha value is -5.68. The number of aryl methyl sites for hydroxylation is 1. The van der Waals surface area contributed by atoms with Gasteiger partial charge in [-0.15, -0.1) is 0 Å². The third-order valence-corrected chi connectivity index (χ3v) is 18.3. The van der Waals surface area contributed by atoms with Gasteiger partial charge in [0.1, 0.15) is 54.6 Å². The van der Waals surface area contributed by atoms with Crippen molar-refractivity contribution in [3.63, 3.8) is 0 Å². The maximum Gasteiger partial charge on any atom is 0.490 e. The highest BCUT2D eigenvalue weighted by atomic mass is 31.3. The van der Waals surface area contributed by atoms with Gasteiger partial charge in [-0.05, 0) is 14.1 Å². The van der Waals surface area contributed by atoms with E-state index < -0.39 is 148 Å². The first-order valence-corrected chi connectivity index (χ1v) is 30.2. The number of phosphoric ester groups is 3. The normalized spacial score (nSPS) is 28.7. The smallest absolute Gasteiger partial charge is 0.387 e. The van der Waals surface area contributed by atoms with Crippen molar-refractivity contribution >= 4 is 88.4 Å². The maximum absolute atomic E-state index is 13.8. The number of aromatic amines is 2. The highest BCUT2D eigenvalue weighted by molar-refractivity contribution is 7.66. The number of nitrogens with two attached hydrogens (primary N) is 3. The van der Waals surface area contributed by atoms with Crippen molar-refractivity contribution in [2.75, 3.05) is 71.3 Å². The Morgan fingerprint density at radius 1 is 0.747 bits per heavy atom. The van der Waals surface area contributed by atoms with E-state index in [1.165, 1.54) is 27.1 Å². The Balaban J connectivity index is 0.877. The number of carbonyl (C=O) groups is 1. The van der Waals surface area contributed by atoms with E-state index in [9.17, 15) is 67.5 Å². The fourth-order valence-electron chi connectivity index (χ4n) is 9.33. The van der Waals surface area contributed by atoms with Crippen molar-refractivity contribution < 1.29 is 108 Å². The molecule has 0 bridgehead atoms. The highest BCUT2D eigenvalue weighted by Gasteiger charge is 2.54. The van der Waals surface area contributed by atoms with E-state index in [-0.39, 0.29) is 57.8 Å². The Bertz CT molecular complexity index is 3710. The number of hydrogen-bond donors (Lipinski definition) is 13. The van der Waals surface area contributed by atoms with E-state index in [0.717, 1.165) is 30.7 Å². The summed E-state index contributed by atoms with van der Waals surface area (Å²) in [5, 5.41) is 36.1. The molecule has 0 saturated carbocycles. The molecule has 6 unspecified atom stereocenters. The predicted molar refractivity (Wildman–Crippen MR) is 273 cm³/mol. The van der Waals surface area contributed by atoms with Crippen LogP contribution in [0.15, 0.2) is 34.9 Å². The number of rotatable bonds is 24. The number of methoxy groups -OCH3 is 1. The van der Waals surface area contributed by atoms with E-state index in [1.54, 1.807) is 19.0 Å². The minimum Gasteiger partial charge on any atom is -0.387 e. The summed E-state index contributed by atoms with van der Waals surface area (Å²) in [5.41, 5.74) is 15.6. The largest absolute Gasteiger partial charge is 0.490 e. The first kappa shape index (κ1) is 61.9. The number of nitrogens with zero attached hydrogens (tertiary/aromatic N) is 11. The van der Waals surface area contributed by atoms with Gasteiger partial charge in [0.2, 0.25) is 23.6 Å². The lowest BCUT2D eigenvalue weighted by molar-refractivity contribution is -0.745. The predicted octanol–water partition coefficient (Wildman–Crippen LogP) is -4.39. The van der Waals surface area contributed by atoms with Crippen LogP contribution in [0.25, 0.3) is 33.5 Å². The zero-order chi connectivity index (χ0) is 60.2. The average molecular weight is 1260 g/mol. The number of amides is 1. The molecule has 45 heteroatoms. The fraction of sp³-hybridized carbons (Fsp3) is 0.579. The van der Waals surface area contributed by atoms with Crippen molar-refractivity contribution in [2.24, 2.45) is 13.0 Å². The first-order valence-electron chi connectivity index (χ1n) is 24.2. The lowest BCUT2D eigenvalue weighted by Crippen LogP contribution is -2.45. The second-order valence-corrected chi connectivity index (χ2v) is 25.0. The molecule has 0 aliphatic carbocycles. The highest BCUT2D eigenvalue weighted by Crippen LogP contribution is 2.68. The molecule has 3 saturated heterocycles. The standard InChI is InChI=1S/C38H55N17O24P4/c1-51(2)6-5-42-19(56)7-15-16(74-34(23(15)57)55-14-52(3)22-31(55)48-38(41)50-33(22)61)8-72-81(64,65)78-83(68,69)79-82(66,67)73-10-18-26(27(70-4)36(76-18)53-12-45-20-28(39)43-11-44-29(20)53)77-80(62,63)71-9-17-24(58)25(59)35(75-17)54-13-46-21-30(54)47-37(40)49-32(21)60/h11-18,23-27,34-36,57-59H,5-10H2,1-4H3,(H12-,39,40,41,42,43,44,47,48,49,50,56,60,61,62,63,64,65,66,67,68,69)/p+1/t15-,16-,17-,18?,23-,24-,25-,26-,27-,34?,35-,36-/m1/s1. The number of likely N-dealkylation sites (N-methyl/N-ethyl adjacent to an activating group) is 1. The molecule has 3 aliphatic heterocycles. The molecule has 0 radical (unpaired) electrons. The van der Waals surface area contributed by atoms with Gasteiger partial charge in [-0.1, -0.05) is 4.98 Å². The van der Waals surface area contributed by atoms with Gasteiger partial charge < -0.3 is 81.3 Å². The summed E-state index contributed by atoms with van der Waals surface area (Å²) in [6, 6.07) is 0. The molecule has 6 aromatic rings. The third-order valence-electron chi connectivity index (χ3n) is 13.0. The number of nitrogens with one attached hydrogen (secondary N) is 3. The topological polar surface area (TPSA) is 574 Å². The van der Waals surface area contributed by atoms with Crippen molar-refractivity contribution in [1.29, 1.82) is 0 Å². The maximum atomic E-state index is 13.8. The Morgan fingerprint density at radius 3 is 2.02 bits per heavy atom. The van der Waals surface area contributed by atoms with Crippen LogP contribution in [0, 0.1) is 5.92 Å². The van der Waals surface area contributed by atoms with Crippen LogP contribution in [0.3, 0.4) is 0 Å². The number of anilines is 3. The van der Waals surface area contributed by atoms with E-state index in [2.05, 4.69) is 53.8 Å². The molecule has 83 heavy (non-hydrogen) atoms. The van der Waals surface area contributed by atoms with E-state index in [0.29, 0.717) is 6.54 Å². The second kappa shape index (κ2) is 24.0. The number of hydrogen-bond acceptors (Lipinski definition) is 30. The molecule has 456 valence electrons. The van der Waals surface area contributed by atoms with Crippen LogP contribution in [0.1, 0.15) is 25.1 Å². The van der Waals surface area contributed by atoms with Crippen molar-refractivity contribution in [3.05, 3.63) is 46.0 Å². The molecule has 9 rings (SSSR count). The van der Waals surface area contributed by atoms with E-state index >= 15 is 0 Å². The summed E-state index contributed by atoms with van der Waals surface area (Å²) < 4.78 is 111. The van der Waals surface area contributed by atoms with Crippen LogP contribution in [0.2, 0.25) is 0 Å². The molecule has 9 heterocycles. The number of fused-ring (bicyclic) bond motifs is 3. The molecule has 0 spiro atoms. The number of carbonyl (C=O) groups excluding carboxylic acids is 1. The van der Waals surface area contributed by atoms with E-state index in [1.807, 2.05) is 0 Å². The number of H-pyrrole nitrogens is 2. The van der Waals surface area contributed by atoms with Gasteiger partial charge >= 0.3 is 36.9 Å². The van der Waals surface area contributed by atoms with Gasteiger partial charge in [0.05, 0.1) is 45.6 Å². The minimum absolute atomic E-state index is 0.00339. The summed E-state index contributed by atoms with van der Waals surface area (Å²) in [5.74, 6) is -2.59. The zero-order valence-corrected chi connectivity index (χ0v) is 47.1. The van der Waals surface area contributed by atoms with Crippen LogP contribution in [0.4, 0.5) is 17.7 Å².